The number of nitrogens with two attached hydrogens (primary N) is 1. The predicted molar refractivity (Wildman–Crippen MR) is 90.5 cm³/mol. The minimum absolute atomic E-state index is 0.186. The maximum absolute atomic E-state index is 12.7. The minimum Gasteiger partial charge on any atom is -0.329 e. The second kappa shape index (κ2) is 6.89. The van der Waals surface area contributed by atoms with E-state index in [-0.39, 0.29) is 11.8 Å². The highest BCUT2D eigenvalue weighted by atomic mass is 16.2. The lowest BCUT2D eigenvalue weighted by Gasteiger charge is -2.27. The van der Waals surface area contributed by atoms with Crippen molar-refractivity contribution in [2.45, 2.75) is 12.8 Å². The third-order valence-corrected chi connectivity index (χ3v) is 4.16. The number of imide groups is 1. The third kappa shape index (κ3) is 2.98. The van der Waals surface area contributed by atoms with Crippen LogP contribution < -0.4 is 11.1 Å². The van der Waals surface area contributed by atoms with Crippen LogP contribution in [0.1, 0.15) is 33.6 Å². The van der Waals surface area contributed by atoms with Crippen LogP contribution in [0.25, 0.3) is 10.8 Å². The summed E-state index contributed by atoms with van der Waals surface area (Å²) < 4.78 is 0. The number of hydrogen-bond donors (Lipinski definition) is 2. The monoisotopic (exact) mass is 311 g/mol. The van der Waals surface area contributed by atoms with E-state index in [0.717, 1.165) is 36.7 Å². The highest BCUT2D eigenvalue weighted by molar-refractivity contribution is 6.25. The average Bonchev–Trinajstić information content (AvgIpc) is 2.58. The number of carbonyl (C=O) groups excluding carboxylic acids is 2. The van der Waals surface area contributed by atoms with Crippen molar-refractivity contribution < 1.29 is 9.59 Å². The van der Waals surface area contributed by atoms with Crippen molar-refractivity contribution in [1.29, 1.82) is 0 Å². The summed E-state index contributed by atoms with van der Waals surface area (Å²) in [6, 6.07) is 11.2. The van der Waals surface area contributed by atoms with Gasteiger partial charge in [-0.2, -0.15) is 0 Å². The second-order valence-corrected chi connectivity index (χ2v) is 5.72. The van der Waals surface area contributed by atoms with E-state index >= 15 is 0 Å². The first-order valence-electron chi connectivity index (χ1n) is 8.03. The van der Waals surface area contributed by atoms with Crippen molar-refractivity contribution in [3.63, 3.8) is 0 Å². The van der Waals surface area contributed by atoms with Crippen LogP contribution in [0.4, 0.5) is 0 Å². The van der Waals surface area contributed by atoms with Gasteiger partial charge in [-0.1, -0.05) is 24.3 Å². The molecule has 0 bridgehead atoms. The summed E-state index contributed by atoms with van der Waals surface area (Å²) in [5.74, 6) is -0.372. The molecule has 0 atom stereocenters. The average molecular weight is 311 g/mol. The van der Waals surface area contributed by atoms with Gasteiger partial charge in [0.1, 0.15) is 0 Å². The number of benzene rings is 2. The van der Waals surface area contributed by atoms with Crippen molar-refractivity contribution >= 4 is 22.6 Å². The fraction of sp³-hybridized carbons (Fsp3) is 0.333. The second-order valence-electron chi connectivity index (χ2n) is 5.72. The maximum atomic E-state index is 12.7. The fourth-order valence-electron chi connectivity index (χ4n) is 3.03. The Kier molecular flexibility index (Phi) is 4.69. The van der Waals surface area contributed by atoms with Crippen LogP contribution in [0.3, 0.4) is 0 Å². The Morgan fingerprint density at radius 1 is 0.913 bits per heavy atom. The number of carbonyl (C=O) groups is 2. The van der Waals surface area contributed by atoms with Crippen molar-refractivity contribution in [3.8, 4) is 0 Å². The van der Waals surface area contributed by atoms with Gasteiger partial charge >= 0.3 is 0 Å². The molecular weight excluding hydrogens is 290 g/mol. The van der Waals surface area contributed by atoms with Gasteiger partial charge in [0.05, 0.1) is 0 Å². The zero-order valence-electron chi connectivity index (χ0n) is 13.0. The quantitative estimate of drug-likeness (QED) is 0.603. The van der Waals surface area contributed by atoms with Gasteiger partial charge in [0, 0.05) is 36.1 Å². The van der Waals surface area contributed by atoms with Gasteiger partial charge in [0.15, 0.2) is 0 Å². The molecule has 2 aromatic rings. The van der Waals surface area contributed by atoms with Gasteiger partial charge in [-0.3, -0.25) is 14.5 Å². The van der Waals surface area contributed by atoms with Gasteiger partial charge in [-0.15, -0.1) is 0 Å². The summed E-state index contributed by atoms with van der Waals surface area (Å²) >= 11 is 0. The SMILES string of the molecule is NCCNCCCCN1C(=O)c2cccc3cccc(c23)C1=O. The van der Waals surface area contributed by atoms with Crippen LogP contribution in [0.5, 0.6) is 0 Å². The molecule has 1 aliphatic rings. The first kappa shape index (κ1) is 15.6. The summed E-state index contributed by atoms with van der Waals surface area (Å²) in [6.45, 7) is 2.70. The van der Waals surface area contributed by atoms with Crippen molar-refractivity contribution in [2.24, 2.45) is 5.73 Å². The van der Waals surface area contributed by atoms with E-state index in [9.17, 15) is 9.59 Å². The summed E-state index contributed by atoms with van der Waals surface area (Å²) in [5, 5.41) is 4.93. The highest BCUT2D eigenvalue weighted by Crippen LogP contribution is 2.29. The zero-order valence-corrected chi connectivity index (χ0v) is 13.0. The molecule has 23 heavy (non-hydrogen) atoms. The summed E-state index contributed by atoms with van der Waals surface area (Å²) in [7, 11) is 0. The number of nitrogens with one attached hydrogen (secondary N) is 1. The number of rotatable bonds is 7. The molecule has 0 saturated heterocycles. The van der Waals surface area contributed by atoms with E-state index in [1.807, 2.05) is 24.3 Å². The number of nitrogens with zero attached hydrogens (tertiary/aromatic N) is 1. The summed E-state index contributed by atoms with van der Waals surface area (Å²) in [5.41, 5.74) is 6.67. The molecule has 5 heteroatoms. The van der Waals surface area contributed by atoms with E-state index in [1.165, 1.54) is 4.90 Å². The Morgan fingerprint density at radius 3 is 2.17 bits per heavy atom. The van der Waals surface area contributed by atoms with Gasteiger partial charge in [-0.25, -0.2) is 0 Å². The topological polar surface area (TPSA) is 75.4 Å². The molecule has 3 N–H and O–H groups in total. The highest BCUT2D eigenvalue weighted by Gasteiger charge is 2.31. The number of hydrogen-bond acceptors (Lipinski definition) is 4. The third-order valence-electron chi connectivity index (χ3n) is 4.16. The lowest BCUT2D eigenvalue weighted by molar-refractivity contribution is 0.0608. The molecule has 0 radical (unpaired) electrons. The number of amides is 2. The van der Waals surface area contributed by atoms with Crippen molar-refractivity contribution in [1.82, 2.24) is 10.2 Å². The van der Waals surface area contributed by atoms with Crippen LogP contribution in [-0.4, -0.2) is 42.9 Å². The van der Waals surface area contributed by atoms with Crippen LogP contribution in [-0.2, 0) is 0 Å². The molecule has 0 spiro atoms. The molecule has 1 aliphatic heterocycles. The molecule has 5 nitrogen and oxygen atoms in total. The first-order valence-corrected chi connectivity index (χ1v) is 8.03. The smallest absolute Gasteiger partial charge is 0.261 e. The summed E-state index contributed by atoms with van der Waals surface area (Å²) in [4.78, 5) is 26.7. The zero-order chi connectivity index (χ0) is 16.2. The Bertz CT molecular complexity index is 691. The van der Waals surface area contributed by atoms with Crippen LogP contribution >= 0.6 is 0 Å². The van der Waals surface area contributed by atoms with Crippen molar-refractivity contribution in [3.05, 3.63) is 47.5 Å². The molecular formula is C18H21N3O2. The Hall–Kier alpha value is -2.24. The molecule has 0 fully saturated rings. The molecule has 0 unspecified atom stereocenters. The minimum atomic E-state index is -0.186. The van der Waals surface area contributed by atoms with E-state index in [2.05, 4.69) is 5.32 Å². The van der Waals surface area contributed by atoms with Gasteiger partial charge in [0.2, 0.25) is 0 Å². The van der Waals surface area contributed by atoms with Gasteiger partial charge in [-0.05, 0) is 36.9 Å². The summed E-state index contributed by atoms with van der Waals surface area (Å²) in [6.07, 6.45) is 1.69. The lowest BCUT2D eigenvalue weighted by Crippen LogP contribution is -2.41. The van der Waals surface area contributed by atoms with Crippen LogP contribution in [0.2, 0.25) is 0 Å². The molecule has 3 rings (SSSR count). The molecule has 0 saturated carbocycles. The largest absolute Gasteiger partial charge is 0.329 e. The molecule has 2 aromatic carbocycles. The van der Waals surface area contributed by atoms with E-state index in [0.29, 0.717) is 24.2 Å². The lowest BCUT2D eigenvalue weighted by atomic mass is 9.94. The molecule has 2 amide bonds. The van der Waals surface area contributed by atoms with E-state index in [1.54, 1.807) is 12.1 Å². The van der Waals surface area contributed by atoms with E-state index in [4.69, 9.17) is 5.73 Å². The standard InChI is InChI=1S/C18H21N3O2/c19-9-11-20-10-1-2-12-21-17(22)14-7-3-5-13-6-4-8-15(16(13)14)18(21)23/h3-8,20H,1-2,9-12,19H2. The maximum Gasteiger partial charge on any atom is 0.261 e. The van der Waals surface area contributed by atoms with Crippen LogP contribution in [0, 0.1) is 0 Å². The fourth-order valence-corrected chi connectivity index (χ4v) is 3.03. The molecule has 0 aliphatic carbocycles. The van der Waals surface area contributed by atoms with Crippen LogP contribution in [0.15, 0.2) is 36.4 Å². The molecule has 0 aromatic heterocycles. The molecule has 120 valence electrons. The Morgan fingerprint density at radius 2 is 1.57 bits per heavy atom. The van der Waals surface area contributed by atoms with Gasteiger partial charge < -0.3 is 11.1 Å². The Labute approximate surface area is 135 Å². The predicted octanol–water partition coefficient (Wildman–Crippen LogP) is 1.76. The van der Waals surface area contributed by atoms with Crippen molar-refractivity contribution in [2.75, 3.05) is 26.2 Å². The Balaban J connectivity index is 1.75. The van der Waals surface area contributed by atoms with E-state index < -0.39 is 0 Å². The van der Waals surface area contributed by atoms with Gasteiger partial charge in [0.25, 0.3) is 11.8 Å². The number of unbranched alkanes of at least 4 members (excludes halogenated alkanes) is 1. The first-order chi connectivity index (χ1) is 11.2. The normalized spacial score (nSPS) is 13.9. The molecule has 1 heterocycles.